The lowest BCUT2D eigenvalue weighted by molar-refractivity contribution is 0.208. The summed E-state index contributed by atoms with van der Waals surface area (Å²) in [6.07, 6.45) is 0.0570. The summed E-state index contributed by atoms with van der Waals surface area (Å²) >= 11 is 0. The maximum absolute atomic E-state index is 13.8. The van der Waals surface area contributed by atoms with Gasteiger partial charge in [0.25, 0.3) is 0 Å². The summed E-state index contributed by atoms with van der Waals surface area (Å²) in [6.45, 7) is 0. The van der Waals surface area contributed by atoms with Crippen molar-refractivity contribution in [1.29, 1.82) is 0 Å². The Hall–Kier alpha value is -2.21. The molecule has 1 heterocycles. The Labute approximate surface area is 109 Å². The summed E-state index contributed by atoms with van der Waals surface area (Å²) in [5, 5.41) is 10.1. The van der Waals surface area contributed by atoms with Crippen LogP contribution in [0.4, 0.5) is 4.39 Å². The number of aromatic nitrogens is 2. The summed E-state index contributed by atoms with van der Waals surface area (Å²) in [5.41, 5.74) is 0.373. The van der Waals surface area contributed by atoms with Crippen molar-refractivity contribution in [1.82, 2.24) is 9.97 Å². The summed E-state index contributed by atoms with van der Waals surface area (Å²) in [7, 11) is 2.90. The number of aliphatic hydroxyl groups is 1. The molecule has 0 amide bonds. The number of hydrogen-bond acceptors (Lipinski definition) is 5. The van der Waals surface area contributed by atoms with Crippen LogP contribution in [0.3, 0.4) is 0 Å². The molecule has 6 heteroatoms. The zero-order chi connectivity index (χ0) is 13.8. The van der Waals surface area contributed by atoms with Crippen LogP contribution < -0.4 is 9.47 Å². The van der Waals surface area contributed by atoms with E-state index in [-0.39, 0.29) is 11.3 Å². The highest BCUT2D eigenvalue weighted by atomic mass is 19.1. The van der Waals surface area contributed by atoms with Gasteiger partial charge in [-0.05, 0) is 12.1 Å². The average Bonchev–Trinajstić information content (AvgIpc) is 2.46. The molecule has 5 nitrogen and oxygen atoms in total. The molecule has 0 aliphatic rings. The van der Waals surface area contributed by atoms with Crippen LogP contribution in [0.2, 0.25) is 0 Å². The van der Waals surface area contributed by atoms with E-state index in [4.69, 9.17) is 9.47 Å². The predicted octanol–water partition coefficient (Wildman–Crippen LogP) is 1.71. The fourth-order valence-electron chi connectivity index (χ4n) is 1.63. The summed E-state index contributed by atoms with van der Waals surface area (Å²) in [6, 6.07) is 5.68. The third kappa shape index (κ3) is 2.79. The molecule has 0 saturated carbocycles. The Morgan fingerprint density at radius 1 is 1.16 bits per heavy atom. The number of rotatable bonds is 4. The van der Waals surface area contributed by atoms with Gasteiger partial charge in [0.1, 0.15) is 24.0 Å². The largest absolute Gasteiger partial charge is 0.497 e. The van der Waals surface area contributed by atoms with Gasteiger partial charge in [0, 0.05) is 17.7 Å². The molecule has 0 spiro atoms. The minimum Gasteiger partial charge on any atom is -0.497 e. The van der Waals surface area contributed by atoms with Crippen LogP contribution >= 0.6 is 0 Å². The molecule has 0 bridgehead atoms. The summed E-state index contributed by atoms with van der Waals surface area (Å²) < 4.78 is 23.7. The molecule has 0 radical (unpaired) electrons. The Morgan fingerprint density at radius 2 is 1.95 bits per heavy atom. The average molecular weight is 264 g/mol. The second-order valence-electron chi connectivity index (χ2n) is 3.78. The zero-order valence-electron chi connectivity index (χ0n) is 10.5. The van der Waals surface area contributed by atoms with Crippen molar-refractivity contribution in [2.24, 2.45) is 0 Å². The van der Waals surface area contributed by atoms with E-state index in [1.165, 1.54) is 38.7 Å². The second kappa shape index (κ2) is 5.62. The van der Waals surface area contributed by atoms with E-state index in [9.17, 15) is 9.50 Å². The molecule has 0 saturated heterocycles. The number of benzene rings is 1. The standard InChI is InChI=1S/C13H13FN2O3/c1-18-8-3-4-9(10(14)5-8)13(17)11-6-12(19-2)16-7-15-11/h3-7,13,17H,1-2H3. The van der Waals surface area contributed by atoms with Gasteiger partial charge in [0.15, 0.2) is 0 Å². The van der Waals surface area contributed by atoms with E-state index in [1.807, 2.05) is 0 Å². The molecule has 2 aromatic rings. The molecule has 1 aromatic heterocycles. The van der Waals surface area contributed by atoms with Gasteiger partial charge in [-0.15, -0.1) is 0 Å². The van der Waals surface area contributed by atoms with E-state index in [2.05, 4.69) is 9.97 Å². The molecule has 1 atom stereocenters. The van der Waals surface area contributed by atoms with Crippen LogP contribution in [-0.2, 0) is 0 Å². The number of nitrogens with zero attached hydrogens (tertiary/aromatic N) is 2. The summed E-state index contributed by atoms with van der Waals surface area (Å²) in [5.74, 6) is 0.121. The monoisotopic (exact) mass is 264 g/mol. The number of aliphatic hydroxyl groups excluding tert-OH is 1. The van der Waals surface area contributed by atoms with Crippen molar-refractivity contribution >= 4 is 0 Å². The summed E-state index contributed by atoms with van der Waals surface area (Å²) in [4.78, 5) is 7.73. The van der Waals surface area contributed by atoms with Gasteiger partial charge in [-0.1, -0.05) is 0 Å². The first-order valence-corrected chi connectivity index (χ1v) is 5.53. The first kappa shape index (κ1) is 13.2. The van der Waals surface area contributed by atoms with Crippen LogP contribution in [0.5, 0.6) is 11.6 Å². The first-order chi connectivity index (χ1) is 9.15. The zero-order valence-corrected chi connectivity index (χ0v) is 10.5. The van der Waals surface area contributed by atoms with Gasteiger partial charge in [-0.25, -0.2) is 14.4 Å². The normalized spacial score (nSPS) is 12.0. The van der Waals surface area contributed by atoms with Crippen molar-refractivity contribution in [2.45, 2.75) is 6.10 Å². The Morgan fingerprint density at radius 3 is 2.58 bits per heavy atom. The molecule has 0 aliphatic heterocycles. The molecule has 1 unspecified atom stereocenters. The topological polar surface area (TPSA) is 64.5 Å². The molecule has 2 rings (SSSR count). The lowest BCUT2D eigenvalue weighted by atomic mass is 10.1. The third-order valence-corrected chi connectivity index (χ3v) is 2.65. The number of methoxy groups -OCH3 is 2. The SMILES string of the molecule is COc1ccc(C(O)c2cc(OC)ncn2)c(F)c1. The van der Waals surface area contributed by atoms with Gasteiger partial charge in [0.2, 0.25) is 5.88 Å². The van der Waals surface area contributed by atoms with Crippen molar-refractivity contribution in [3.8, 4) is 11.6 Å². The van der Waals surface area contributed by atoms with Gasteiger partial charge in [0.05, 0.1) is 19.9 Å². The molecule has 19 heavy (non-hydrogen) atoms. The molecule has 100 valence electrons. The van der Waals surface area contributed by atoms with Crippen molar-refractivity contribution in [3.05, 3.63) is 47.7 Å². The van der Waals surface area contributed by atoms with Crippen molar-refractivity contribution in [2.75, 3.05) is 14.2 Å². The van der Waals surface area contributed by atoms with Crippen LogP contribution in [0, 0.1) is 5.82 Å². The maximum atomic E-state index is 13.8. The molecule has 0 fully saturated rings. The smallest absolute Gasteiger partial charge is 0.216 e. The molecule has 1 aromatic carbocycles. The van der Waals surface area contributed by atoms with E-state index in [1.54, 1.807) is 6.07 Å². The van der Waals surface area contributed by atoms with Crippen LogP contribution in [0.15, 0.2) is 30.6 Å². The minimum atomic E-state index is -1.19. The van der Waals surface area contributed by atoms with Gasteiger partial charge < -0.3 is 14.6 Å². The number of hydrogen-bond donors (Lipinski definition) is 1. The highest BCUT2D eigenvalue weighted by Gasteiger charge is 2.17. The second-order valence-corrected chi connectivity index (χ2v) is 3.78. The lowest BCUT2D eigenvalue weighted by Gasteiger charge is -2.12. The van der Waals surface area contributed by atoms with Gasteiger partial charge >= 0.3 is 0 Å². The lowest BCUT2D eigenvalue weighted by Crippen LogP contribution is -2.06. The highest BCUT2D eigenvalue weighted by Crippen LogP contribution is 2.26. The fourth-order valence-corrected chi connectivity index (χ4v) is 1.63. The molecular formula is C13H13FN2O3. The highest BCUT2D eigenvalue weighted by molar-refractivity contribution is 5.34. The Kier molecular flexibility index (Phi) is 3.91. The van der Waals surface area contributed by atoms with Gasteiger partial charge in [-0.3, -0.25) is 0 Å². The molecule has 1 N–H and O–H groups in total. The van der Waals surface area contributed by atoms with Crippen molar-refractivity contribution < 1.29 is 19.0 Å². The number of ether oxygens (including phenoxy) is 2. The quantitative estimate of drug-likeness (QED) is 0.910. The third-order valence-electron chi connectivity index (χ3n) is 2.65. The molecular weight excluding hydrogens is 251 g/mol. The van der Waals surface area contributed by atoms with E-state index in [0.717, 1.165) is 0 Å². The predicted molar refractivity (Wildman–Crippen MR) is 65.6 cm³/mol. The maximum Gasteiger partial charge on any atom is 0.216 e. The Balaban J connectivity index is 2.35. The number of halogens is 1. The van der Waals surface area contributed by atoms with Crippen LogP contribution in [0.25, 0.3) is 0 Å². The van der Waals surface area contributed by atoms with Crippen LogP contribution in [-0.4, -0.2) is 29.3 Å². The van der Waals surface area contributed by atoms with Crippen LogP contribution in [0.1, 0.15) is 17.4 Å². The minimum absolute atomic E-state index is 0.113. The first-order valence-electron chi connectivity index (χ1n) is 5.53. The van der Waals surface area contributed by atoms with Gasteiger partial charge in [-0.2, -0.15) is 0 Å². The fraction of sp³-hybridized carbons (Fsp3) is 0.231. The van der Waals surface area contributed by atoms with Crippen molar-refractivity contribution in [3.63, 3.8) is 0 Å². The molecule has 0 aliphatic carbocycles. The van der Waals surface area contributed by atoms with E-state index < -0.39 is 11.9 Å². The Bertz CT molecular complexity index is 578. The van der Waals surface area contributed by atoms with E-state index >= 15 is 0 Å². The van der Waals surface area contributed by atoms with E-state index in [0.29, 0.717) is 11.6 Å².